The fraction of sp³-hybridized carbons (Fsp3) is 0.0909. The monoisotopic (exact) mass is 424 g/mol. The third-order valence-corrected chi connectivity index (χ3v) is 6.48. The van der Waals surface area contributed by atoms with Crippen LogP contribution in [0.3, 0.4) is 0 Å². The van der Waals surface area contributed by atoms with Crippen LogP contribution in [-0.4, -0.2) is 15.5 Å². The molecule has 0 aliphatic heterocycles. The molecular formula is C11H10Br2N2O2S2. The first-order valence-electron chi connectivity index (χ1n) is 5.18. The molecule has 1 aromatic carbocycles. The topological polar surface area (TPSA) is 58.2 Å². The van der Waals surface area contributed by atoms with Gasteiger partial charge in [-0.3, -0.25) is 4.72 Å². The van der Waals surface area contributed by atoms with Gasteiger partial charge in [0, 0.05) is 18.4 Å². The number of anilines is 2. The lowest BCUT2D eigenvalue weighted by Crippen LogP contribution is -2.12. The second-order valence-corrected chi connectivity index (χ2v) is 9.02. The van der Waals surface area contributed by atoms with E-state index in [1.807, 2.05) is 0 Å². The van der Waals surface area contributed by atoms with E-state index >= 15 is 0 Å². The van der Waals surface area contributed by atoms with Gasteiger partial charge < -0.3 is 5.32 Å². The fourth-order valence-electron chi connectivity index (χ4n) is 1.42. The summed E-state index contributed by atoms with van der Waals surface area (Å²) >= 11 is 7.83. The Labute approximate surface area is 132 Å². The summed E-state index contributed by atoms with van der Waals surface area (Å²) in [7, 11) is -1.77. The first kappa shape index (κ1) is 14.8. The molecule has 0 spiro atoms. The van der Waals surface area contributed by atoms with Crippen LogP contribution in [0.5, 0.6) is 0 Å². The van der Waals surface area contributed by atoms with Crippen LogP contribution >= 0.6 is 43.2 Å². The van der Waals surface area contributed by atoms with Gasteiger partial charge in [-0.25, -0.2) is 8.42 Å². The van der Waals surface area contributed by atoms with Crippen LogP contribution in [-0.2, 0) is 10.0 Å². The van der Waals surface area contributed by atoms with Crippen molar-refractivity contribution in [3.63, 3.8) is 0 Å². The minimum atomic E-state index is -3.58. The van der Waals surface area contributed by atoms with Crippen molar-refractivity contribution < 1.29 is 8.42 Å². The molecule has 0 radical (unpaired) electrons. The van der Waals surface area contributed by atoms with Gasteiger partial charge in [0.1, 0.15) is 4.90 Å². The summed E-state index contributed by atoms with van der Waals surface area (Å²) in [5.41, 5.74) is 1.44. The fourth-order valence-corrected chi connectivity index (χ4v) is 6.29. The van der Waals surface area contributed by atoms with Crippen LogP contribution in [0.15, 0.2) is 42.8 Å². The Morgan fingerprint density at radius 2 is 1.68 bits per heavy atom. The molecule has 1 aromatic heterocycles. The Bertz CT molecular complexity index is 681. The molecule has 0 aliphatic rings. The SMILES string of the molecule is CNc1ccc(NS(=O)(=O)c2cc(Br)sc2Br)cc1. The van der Waals surface area contributed by atoms with Gasteiger partial charge in [0.15, 0.2) is 0 Å². The summed E-state index contributed by atoms with van der Waals surface area (Å²) < 4.78 is 28.3. The number of rotatable bonds is 4. The first-order valence-corrected chi connectivity index (χ1v) is 9.06. The van der Waals surface area contributed by atoms with Crippen LogP contribution in [0.2, 0.25) is 0 Å². The molecule has 0 unspecified atom stereocenters. The summed E-state index contributed by atoms with van der Waals surface area (Å²) in [4.78, 5) is 0.224. The zero-order valence-corrected chi connectivity index (χ0v) is 14.6. The Morgan fingerprint density at radius 3 is 2.16 bits per heavy atom. The Hall–Kier alpha value is -0.570. The minimum absolute atomic E-state index is 0.224. The highest BCUT2D eigenvalue weighted by Crippen LogP contribution is 2.35. The van der Waals surface area contributed by atoms with E-state index in [-0.39, 0.29) is 4.90 Å². The van der Waals surface area contributed by atoms with Crippen LogP contribution in [0.25, 0.3) is 0 Å². The number of hydrogen-bond donors (Lipinski definition) is 2. The van der Waals surface area contributed by atoms with E-state index in [0.717, 1.165) is 9.47 Å². The highest BCUT2D eigenvalue weighted by Gasteiger charge is 2.20. The van der Waals surface area contributed by atoms with Gasteiger partial charge in [-0.2, -0.15) is 0 Å². The van der Waals surface area contributed by atoms with Crippen molar-refractivity contribution in [3.8, 4) is 0 Å². The summed E-state index contributed by atoms with van der Waals surface area (Å²) in [6.45, 7) is 0. The lowest BCUT2D eigenvalue weighted by Gasteiger charge is -2.08. The molecule has 0 amide bonds. The lowest BCUT2D eigenvalue weighted by atomic mass is 10.3. The summed E-state index contributed by atoms with van der Waals surface area (Å²) in [5, 5.41) is 2.97. The van der Waals surface area contributed by atoms with Crippen molar-refractivity contribution in [1.29, 1.82) is 0 Å². The van der Waals surface area contributed by atoms with Gasteiger partial charge in [-0.1, -0.05) is 0 Å². The molecule has 2 rings (SSSR count). The Morgan fingerprint density at radius 1 is 1.11 bits per heavy atom. The summed E-state index contributed by atoms with van der Waals surface area (Å²) in [5.74, 6) is 0. The van der Waals surface area contributed by atoms with Crippen LogP contribution in [0, 0.1) is 0 Å². The smallest absolute Gasteiger partial charge is 0.263 e. The highest BCUT2D eigenvalue weighted by molar-refractivity contribution is 9.12. The average Bonchev–Trinajstić information content (AvgIpc) is 2.70. The van der Waals surface area contributed by atoms with Crippen molar-refractivity contribution in [2.45, 2.75) is 4.90 Å². The highest BCUT2D eigenvalue weighted by atomic mass is 79.9. The van der Waals surface area contributed by atoms with Gasteiger partial charge in [0.05, 0.1) is 7.57 Å². The molecule has 0 saturated carbocycles. The van der Waals surface area contributed by atoms with E-state index in [4.69, 9.17) is 0 Å². The number of halogens is 2. The van der Waals surface area contributed by atoms with Crippen molar-refractivity contribution in [2.24, 2.45) is 0 Å². The molecule has 0 atom stereocenters. The molecule has 4 nitrogen and oxygen atoms in total. The summed E-state index contributed by atoms with van der Waals surface area (Å²) in [6, 6.07) is 8.59. The number of hydrogen-bond acceptors (Lipinski definition) is 4. The molecule has 1 heterocycles. The van der Waals surface area contributed by atoms with Crippen molar-refractivity contribution in [3.05, 3.63) is 37.9 Å². The predicted molar refractivity (Wildman–Crippen MR) is 86.5 cm³/mol. The third kappa shape index (κ3) is 3.50. The van der Waals surface area contributed by atoms with Crippen LogP contribution in [0.4, 0.5) is 11.4 Å². The van der Waals surface area contributed by atoms with Crippen molar-refractivity contribution >= 4 is 64.6 Å². The van der Waals surface area contributed by atoms with Crippen LogP contribution < -0.4 is 10.0 Å². The number of nitrogens with one attached hydrogen (secondary N) is 2. The molecule has 0 aliphatic carbocycles. The molecule has 0 fully saturated rings. The molecular weight excluding hydrogens is 416 g/mol. The average molecular weight is 426 g/mol. The van der Waals surface area contributed by atoms with E-state index < -0.39 is 10.0 Å². The van der Waals surface area contributed by atoms with Crippen molar-refractivity contribution in [1.82, 2.24) is 0 Å². The quantitative estimate of drug-likeness (QED) is 0.774. The third-order valence-electron chi connectivity index (χ3n) is 2.34. The van der Waals surface area contributed by atoms with Gasteiger partial charge in [-0.05, 0) is 62.2 Å². The van der Waals surface area contributed by atoms with Crippen LogP contribution in [0.1, 0.15) is 0 Å². The maximum atomic E-state index is 12.2. The van der Waals surface area contributed by atoms with Gasteiger partial charge in [0.2, 0.25) is 0 Å². The zero-order valence-electron chi connectivity index (χ0n) is 9.78. The maximum absolute atomic E-state index is 12.2. The molecule has 0 saturated heterocycles. The molecule has 0 bridgehead atoms. The zero-order chi connectivity index (χ0) is 14.0. The van der Waals surface area contributed by atoms with E-state index in [9.17, 15) is 8.42 Å². The normalized spacial score (nSPS) is 11.3. The van der Waals surface area contributed by atoms with Gasteiger partial charge >= 0.3 is 0 Å². The van der Waals surface area contributed by atoms with E-state index in [0.29, 0.717) is 9.47 Å². The standard InChI is InChI=1S/C11H10Br2N2O2S2/c1-14-7-2-4-8(5-3-7)15-19(16,17)9-6-10(12)18-11(9)13/h2-6,14-15H,1H3. The first-order chi connectivity index (χ1) is 8.92. The molecule has 19 heavy (non-hydrogen) atoms. The van der Waals surface area contributed by atoms with E-state index in [1.54, 1.807) is 37.4 Å². The summed E-state index contributed by atoms with van der Waals surface area (Å²) in [6.07, 6.45) is 0. The van der Waals surface area contributed by atoms with E-state index in [2.05, 4.69) is 41.9 Å². The minimum Gasteiger partial charge on any atom is -0.388 e. The number of thiophene rings is 1. The van der Waals surface area contributed by atoms with Gasteiger partial charge in [-0.15, -0.1) is 11.3 Å². The predicted octanol–water partition coefficient (Wildman–Crippen LogP) is 4.12. The molecule has 8 heteroatoms. The van der Waals surface area contributed by atoms with E-state index in [1.165, 1.54) is 11.3 Å². The maximum Gasteiger partial charge on any atom is 0.263 e. The molecule has 102 valence electrons. The largest absolute Gasteiger partial charge is 0.388 e. The number of sulfonamides is 1. The van der Waals surface area contributed by atoms with Gasteiger partial charge in [0.25, 0.3) is 10.0 Å². The van der Waals surface area contributed by atoms with Crippen molar-refractivity contribution in [2.75, 3.05) is 17.1 Å². The Balaban J connectivity index is 2.28. The lowest BCUT2D eigenvalue weighted by molar-refractivity contribution is 0.601. The molecule has 2 N–H and O–H groups in total. The molecule has 2 aromatic rings. The second-order valence-electron chi connectivity index (χ2n) is 3.62. The second kappa shape index (κ2) is 5.82. The number of benzene rings is 1. The Kier molecular flexibility index (Phi) is 4.54.